The molecule has 0 radical (unpaired) electrons. The first-order valence-corrected chi connectivity index (χ1v) is 8.75. The van der Waals surface area contributed by atoms with Crippen LogP contribution in [0.1, 0.15) is 30.9 Å². The standard InChI is InChI=1S/C18H27F3N4.HI/c1-3-22-17(24-13-15-8-10-25(2)11-9-15)23-12-14-4-6-16(7-5-14)18(19,20)21;/h4-7,15H,3,8-13H2,1-2H3,(H2,22,23,24);1H. The molecule has 2 N–H and O–H groups in total. The first-order valence-electron chi connectivity index (χ1n) is 8.75. The van der Waals surface area contributed by atoms with Gasteiger partial charge in [0.05, 0.1) is 12.1 Å². The van der Waals surface area contributed by atoms with E-state index in [1.165, 1.54) is 25.0 Å². The fraction of sp³-hybridized carbons (Fsp3) is 0.611. The molecule has 0 aliphatic carbocycles. The van der Waals surface area contributed by atoms with Gasteiger partial charge in [0.2, 0.25) is 0 Å². The van der Waals surface area contributed by atoms with Crippen LogP contribution in [0.25, 0.3) is 0 Å². The molecule has 0 amide bonds. The summed E-state index contributed by atoms with van der Waals surface area (Å²) in [6, 6.07) is 5.16. The quantitative estimate of drug-likeness (QED) is 0.381. The summed E-state index contributed by atoms with van der Waals surface area (Å²) >= 11 is 0. The Morgan fingerprint density at radius 1 is 1.15 bits per heavy atom. The molecule has 1 aliphatic rings. The van der Waals surface area contributed by atoms with E-state index in [1.54, 1.807) is 0 Å². The number of guanidine groups is 1. The molecule has 0 atom stereocenters. The Morgan fingerprint density at radius 3 is 2.31 bits per heavy atom. The highest BCUT2D eigenvalue weighted by Gasteiger charge is 2.29. The van der Waals surface area contributed by atoms with Crippen LogP contribution in [-0.2, 0) is 12.7 Å². The lowest BCUT2D eigenvalue weighted by Gasteiger charge is -2.29. The maximum Gasteiger partial charge on any atom is 0.416 e. The molecule has 1 heterocycles. The first-order chi connectivity index (χ1) is 11.9. The van der Waals surface area contributed by atoms with E-state index in [-0.39, 0.29) is 24.0 Å². The molecule has 8 heteroatoms. The predicted molar refractivity (Wildman–Crippen MR) is 110 cm³/mol. The maximum absolute atomic E-state index is 12.6. The van der Waals surface area contributed by atoms with E-state index in [0.29, 0.717) is 18.4 Å². The largest absolute Gasteiger partial charge is 0.416 e. The zero-order valence-corrected chi connectivity index (χ0v) is 17.6. The fourth-order valence-corrected chi connectivity index (χ4v) is 2.82. The van der Waals surface area contributed by atoms with Gasteiger partial charge in [0.25, 0.3) is 0 Å². The Morgan fingerprint density at radius 2 is 1.77 bits per heavy atom. The number of likely N-dealkylation sites (tertiary alicyclic amines) is 1. The predicted octanol–water partition coefficient (Wildman–Crippen LogP) is 3.72. The Hall–Kier alpha value is -1.03. The summed E-state index contributed by atoms with van der Waals surface area (Å²) in [6.45, 7) is 6.18. The van der Waals surface area contributed by atoms with Crippen molar-refractivity contribution in [2.75, 3.05) is 33.2 Å². The highest BCUT2D eigenvalue weighted by Crippen LogP contribution is 2.29. The van der Waals surface area contributed by atoms with E-state index < -0.39 is 11.7 Å². The molecule has 1 fully saturated rings. The van der Waals surface area contributed by atoms with Gasteiger partial charge in [-0.1, -0.05) is 12.1 Å². The number of halogens is 4. The molecule has 4 nitrogen and oxygen atoms in total. The van der Waals surface area contributed by atoms with Crippen LogP contribution < -0.4 is 10.6 Å². The van der Waals surface area contributed by atoms with E-state index in [0.717, 1.165) is 43.9 Å². The molecular weight excluding hydrogens is 456 g/mol. The molecule has 0 bridgehead atoms. The second-order valence-corrected chi connectivity index (χ2v) is 6.52. The zero-order chi connectivity index (χ0) is 18.3. The summed E-state index contributed by atoms with van der Waals surface area (Å²) in [5.74, 6) is 1.34. The van der Waals surface area contributed by atoms with Crippen molar-refractivity contribution >= 4 is 29.9 Å². The van der Waals surface area contributed by atoms with Gasteiger partial charge < -0.3 is 15.5 Å². The average molecular weight is 484 g/mol. The van der Waals surface area contributed by atoms with Crippen molar-refractivity contribution in [1.82, 2.24) is 15.5 Å². The normalized spacial score (nSPS) is 16.9. The smallest absolute Gasteiger partial charge is 0.357 e. The molecule has 26 heavy (non-hydrogen) atoms. The summed E-state index contributed by atoms with van der Waals surface area (Å²) in [7, 11) is 2.14. The fourth-order valence-electron chi connectivity index (χ4n) is 2.82. The topological polar surface area (TPSA) is 39.7 Å². The summed E-state index contributed by atoms with van der Waals surface area (Å²) in [6.07, 6.45) is -1.96. The Bertz CT molecular complexity index is 553. The third-order valence-corrected chi connectivity index (χ3v) is 4.44. The van der Waals surface area contributed by atoms with E-state index in [4.69, 9.17) is 0 Å². The molecule has 1 saturated heterocycles. The second kappa shape index (κ2) is 11.0. The van der Waals surface area contributed by atoms with Crippen LogP contribution >= 0.6 is 24.0 Å². The third-order valence-electron chi connectivity index (χ3n) is 4.44. The number of rotatable bonds is 5. The van der Waals surface area contributed by atoms with Crippen LogP contribution in [0.5, 0.6) is 0 Å². The lowest BCUT2D eigenvalue weighted by atomic mass is 9.97. The van der Waals surface area contributed by atoms with Crippen LogP contribution in [0.2, 0.25) is 0 Å². The maximum atomic E-state index is 12.6. The van der Waals surface area contributed by atoms with Gasteiger partial charge in [0.15, 0.2) is 5.96 Å². The van der Waals surface area contributed by atoms with Crippen LogP contribution in [0.4, 0.5) is 13.2 Å². The van der Waals surface area contributed by atoms with Crippen LogP contribution in [0.15, 0.2) is 29.3 Å². The number of aliphatic imine (C=N–C) groups is 1. The number of nitrogens with zero attached hydrogens (tertiary/aromatic N) is 2. The minimum atomic E-state index is -4.30. The van der Waals surface area contributed by atoms with Crippen LogP contribution in [0.3, 0.4) is 0 Å². The van der Waals surface area contributed by atoms with Gasteiger partial charge >= 0.3 is 6.18 Å². The third kappa shape index (κ3) is 7.69. The number of hydrogen-bond acceptors (Lipinski definition) is 2. The summed E-state index contributed by atoms with van der Waals surface area (Å²) in [5.41, 5.74) is 0.122. The van der Waals surface area contributed by atoms with E-state index in [1.807, 2.05) is 6.92 Å². The molecule has 1 aromatic carbocycles. The monoisotopic (exact) mass is 484 g/mol. The zero-order valence-electron chi connectivity index (χ0n) is 15.3. The Kier molecular flexibility index (Phi) is 9.70. The van der Waals surface area contributed by atoms with Gasteiger partial charge in [0, 0.05) is 13.1 Å². The van der Waals surface area contributed by atoms with Gasteiger partial charge in [-0.2, -0.15) is 13.2 Å². The average Bonchev–Trinajstić information content (AvgIpc) is 2.58. The van der Waals surface area contributed by atoms with Crippen molar-refractivity contribution in [3.63, 3.8) is 0 Å². The van der Waals surface area contributed by atoms with Crippen molar-refractivity contribution in [2.24, 2.45) is 10.9 Å². The molecule has 1 aromatic rings. The van der Waals surface area contributed by atoms with Gasteiger partial charge in [-0.05, 0) is 63.5 Å². The lowest BCUT2D eigenvalue weighted by molar-refractivity contribution is -0.137. The molecule has 0 saturated carbocycles. The highest BCUT2D eigenvalue weighted by molar-refractivity contribution is 14.0. The molecule has 0 aromatic heterocycles. The molecule has 148 valence electrons. The number of benzene rings is 1. The Balaban J connectivity index is 0.00000338. The van der Waals surface area contributed by atoms with E-state index in [2.05, 4.69) is 27.6 Å². The lowest BCUT2D eigenvalue weighted by Crippen LogP contribution is -2.42. The number of alkyl halides is 3. The molecule has 1 aliphatic heterocycles. The minimum Gasteiger partial charge on any atom is -0.357 e. The van der Waals surface area contributed by atoms with Gasteiger partial charge in [0.1, 0.15) is 0 Å². The second-order valence-electron chi connectivity index (χ2n) is 6.52. The summed E-state index contributed by atoms with van der Waals surface area (Å²) in [5, 5.41) is 6.54. The number of nitrogens with one attached hydrogen (secondary N) is 2. The molecule has 0 spiro atoms. The first kappa shape index (κ1) is 23.0. The van der Waals surface area contributed by atoms with Crippen molar-refractivity contribution < 1.29 is 13.2 Å². The Labute approximate surface area is 170 Å². The summed E-state index contributed by atoms with van der Waals surface area (Å²) in [4.78, 5) is 6.81. The van der Waals surface area contributed by atoms with Crippen molar-refractivity contribution in [3.05, 3.63) is 35.4 Å². The van der Waals surface area contributed by atoms with Crippen molar-refractivity contribution in [3.8, 4) is 0 Å². The number of piperidine rings is 1. The SMILES string of the molecule is CCNC(=NCc1ccc(C(F)(F)F)cc1)NCC1CCN(C)CC1.I. The van der Waals surface area contributed by atoms with Gasteiger partial charge in [-0.25, -0.2) is 4.99 Å². The van der Waals surface area contributed by atoms with E-state index >= 15 is 0 Å². The highest BCUT2D eigenvalue weighted by atomic mass is 127. The van der Waals surface area contributed by atoms with Crippen molar-refractivity contribution in [2.45, 2.75) is 32.5 Å². The van der Waals surface area contributed by atoms with Gasteiger partial charge in [-0.15, -0.1) is 24.0 Å². The number of hydrogen-bond donors (Lipinski definition) is 2. The minimum absolute atomic E-state index is 0. The van der Waals surface area contributed by atoms with Crippen LogP contribution in [0, 0.1) is 5.92 Å². The van der Waals surface area contributed by atoms with Crippen molar-refractivity contribution in [1.29, 1.82) is 0 Å². The molecular formula is C18H28F3IN4. The van der Waals surface area contributed by atoms with E-state index in [9.17, 15) is 13.2 Å². The molecule has 2 rings (SSSR count). The van der Waals surface area contributed by atoms with Crippen LogP contribution in [-0.4, -0.2) is 44.1 Å². The summed E-state index contributed by atoms with van der Waals surface area (Å²) < 4.78 is 37.8. The van der Waals surface area contributed by atoms with Gasteiger partial charge in [-0.3, -0.25) is 0 Å². The molecule has 0 unspecified atom stereocenters.